The zero-order valence-electron chi connectivity index (χ0n) is 20.9. The number of carbonyl (C=O) groups excluding carboxylic acids is 4. The van der Waals surface area contributed by atoms with Crippen LogP contribution < -0.4 is 20.1 Å². The summed E-state index contributed by atoms with van der Waals surface area (Å²) in [5, 5.41) is 5.27. The lowest BCUT2D eigenvalue weighted by Crippen LogP contribution is -2.30. The number of urea groups is 1. The number of amides is 4. The number of rotatable bonds is 9. The van der Waals surface area contributed by atoms with Gasteiger partial charge in [-0.15, -0.1) is 0 Å². The number of esters is 1. The van der Waals surface area contributed by atoms with Crippen LogP contribution in [0.15, 0.2) is 64.7 Å². The lowest BCUT2D eigenvalue weighted by atomic mass is 10.1. The Morgan fingerprint density at radius 2 is 1.82 bits per heavy atom. The van der Waals surface area contributed by atoms with Crippen molar-refractivity contribution in [3.8, 4) is 11.5 Å². The molecule has 4 rings (SSSR count). The highest BCUT2D eigenvalue weighted by atomic mass is 16.5. The van der Waals surface area contributed by atoms with Crippen LogP contribution in [-0.4, -0.2) is 49.5 Å². The van der Waals surface area contributed by atoms with E-state index >= 15 is 0 Å². The highest BCUT2D eigenvalue weighted by Crippen LogP contribution is 2.33. The van der Waals surface area contributed by atoms with Gasteiger partial charge in [0.15, 0.2) is 18.1 Å². The van der Waals surface area contributed by atoms with Crippen molar-refractivity contribution in [3.63, 3.8) is 0 Å². The Labute approximate surface area is 218 Å². The molecule has 3 aromatic rings. The fourth-order valence-electron chi connectivity index (χ4n) is 3.63. The highest BCUT2D eigenvalue weighted by Gasteiger charge is 2.34. The molecule has 11 heteroatoms. The van der Waals surface area contributed by atoms with Crippen molar-refractivity contribution in [1.29, 1.82) is 0 Å². The van der Waals surface area contributed by atoms with Crippen LogP contribution in [0.5, 0.6) is 11.5 Å². The van der Waals surface area contributed by atoms with E-state index in [9.17, 15) is 19.2 Å². The van der Waals surface area contributed by atoms with Gasteiger partial charge in [-0.2, -0.15) is 0 Å². The average molecular weight is 520 g/mol. The van der Waals surface area contributed by atoms with E-state index in [2.05, 4.69) is 15.4 Å². The summed E-state index contributed by atoms with van der Waals surface area (Å²) >= 11 is 0. The molecule has 1 aromatic heterocycles. The predicted octanol–water partition coefficient (Wildman–Crippen LogP) is 3.49. The second-order valence-electron chi connectivity index (χ2n) is 8.22. The first-order valence-corrected chi connectivity index (χ1v) is 11.5. The Morgan fingerprint density at radius 1 is 1.05 bits per heavy atom. The molecule has 0 bridgehead atoms. The maximum Gasteiger partial charge on any atom is 0.373 e. The Morgan fingerprint density at radius 3 is 2.53 bits per heavy atom. The van der Waals surface area contributed by atoms with Crippen LogP contribution >= 0.6 is 0 Å². The van der Waals surface area contributed by atoms with Crippen molar-refractivity contribution >= 4 is 35.6 Å². The van der Waals surface area contributed by atoms with Gasteiger partial charge in [0.05, 0.1) is 20.8 Å². The zero-order chi connectivity index (χ0) is 27.2. The van der Waals surface area contributed by atoms with Gasteiger partial charge in [-0.05, 0) is 43.3 Å². The third kappa shape index (κ3) is 5.84. The molecule has 11 nitrogen and oxygen atoms in total. The normalized spacial score (nSPS) is 13.9. The van der Waals surface area contributed by atoms with Crippen LogP contribution in [0.4, 0.5) is 10.5 Å². The molecular weight excluding hydrogens is 494 g/mol. The number of para-hydroxylation sites is 1. The summed E-state index contributed by atoms with van der Waals surface area (Å²) in [6.07, 6.45) is 1.43. The Kier molecular flexibility index (Phi) is 7.76. The van der Waals surface area contributed by atoms with Crippen LogP contribution in [0.3, 0.4) is 0 Å². The summed E-state index contributed by atoms with van der Waals surface area (Å²) in [5.74, 6) is -0.948. The summed E-state index contributed by atoms with van der Waals surface area (Å²) in [7, 11) is 2.66. The van der Waals surface area contributed by atoms with E-state index in [1.165, 1.54) is 32.4 Å². The van der Waals surface area contributed by atoms with Gasteiger partial charge in [-0.3, -0.25) is 14.5 Å². The third-order valence-electron chi connectivity index (χ3n) is 5.54. The molecule has 2 heterocycles. The second-order valence-corrected chi connectivity index (χ2v) is 8.22. The molecular formula is C27H25N3O8. The van der Waals surface area contributed by atoms with E-state index in [1.807, 2.05) is 19.1 Å². The number of nitrogens with zero attached hydrogens (tertiary/aromatic N) is 1. The lowest BCUT2D eigenvalue weighted by molar-refractivity contribution is -0.123. The van der Waals surface area contributed by atoms with E-state index in [1.54, 1.807) is 30.3 Å². The summed E-state index contributed by atoms with van der Waals surface area (Å²) in [4.78, 5) is 50.5. The van der Waals surface area contributed by atoms with Gasteiger partial charge < -0.3 is 29.3 Å². The smallest absolute Gasteiger partial charge is 0.373 e. The van der Waals surface area contributed by atoms with Crippen LogP contribution in [0, 0.1) is 6.92 Å². The minimum Gasteiger partial charge on any atom is -0.493 e. The van der Waals surface area contributed by atoms with E-state index in [0.29, 0.717) is 17.0 Å². The van der Waals surface area contributed by atoms with E-state index in [0.717, 1.165) is 10.5 Å². The second kappa shape index (κ2) is 11.3. The number of benzene rings is 2. The molecule has 1 aliphatic heterocycles. The highest BCUT2D eigenvalue weighted by molar-refractivity contribution is 6.14. The van der Waals surface area contributed by atoms with Crippen LogP contribution in [0.2, 0.25) is 0 Å². The first-order chi connectivity index (χ1) is 18.3. The fraction of sp³-hybridized carbons (Fsp3) is 0.185. The molecule has 1 fully saturated rings. The summed E-state index contributed by atoms with van der Waals surface area (Å²) in [6.45, 7) is 1.43. The topological polar surface area (TPSA) is 136 Å². The van der Waals surface area contributed by atoms with Crippen LogP contribution in [0.25, 0.3) is 6.08 Å². The van der Waals surface area contributed by atoms with Gasteiger partial charge in [0.25, 0.3) is 11.8 Å². The van der Waals surface area contributed by atoms with E-state index in [-0.39, 0.29) is 42.0 Å². The monoisotopic (exact) mass is 519 g/mol. The molecule has 0 radical (unpaired) electrons. The first kappa shape index (κ1) is 26.0. The number of ether oxygens (including phenoxy) is 3. The summed E-state index contributed by atoms with van der Waals surface area (Å²) in [5.41, 5.74) is 2.08. The quantitative estimate of drug-likeness (QED) is 0.249. The number of aryl methyl sites for hydroxylation is 1. The van der Waals surface area contributed by atoms with Crippen molar-refractivity contribution in [2.75, 3.05) is 26.1 Å². The van der Waals surface area contributed by atoms with Gasteiger partial charge in [-0.1, -0.05) is 29.8 Å². The lowest BCUT2D eigenvalue weighted by Gasteiger charge is -2.14. The number of hydrogen-bond acceptors (Lipinski definition) is 8. The average Bonchev–Trinajstić information content (AvgIpc) is 3.49. The number of carbonyl (C=O) groups is 4. The summed E-state index contributed by atoms with van der Waals surface area (Å²) in [6, 6.07) is 14.5. The van der Waals surface area contributed by atoms with Crippen LogP contribution in [0.1, 0.15) is 27.4 Å². The van der Waals surface area contributed by atoms with E-state index in [4.69, 9.17) is 13.9 Å². The predicted molar refractivity (Wildman–Crippen MR) is 135 cm³/mol. The molecule has 2 aromatic carbocycles. The minimum absolute atomic E-state index is 0.0167. The first-order valence-electron chi connectivity index (χ1n) is 11.5. The largest absolute Gasteiger partial charge is 0.493 e. The molecule has 2 N–H and O–H groups in total. The number of anilines is 1. The molecule has 0 aliphatic carbocycles. The molecule has 0 unspecified atom stereocenters. The number of nitrogens with one attached hydrogen (secondary N) is 2. The van der Waals surface area contributed by atoms with Crippen molar-refractivity contribution in [1.82, 2.24) is 10.2 Å². The Hall–Kier alpha value is -5.06. The number of hydrogen-bond donors (Lipinski definition) is 2. The number of furan rings is 1. The Bertz CT molecular complexity index is 1410. The van der Waals surface area contributed by atoms with Gasteiger partial charge in [-0.25, -0.2) is 9.59 Å². The molecule has 1 saturated heterocycles. The maximum atomic E-state index is 13.0. The SMILES string of the molecule is COC(=O)c1ccc(CN2C(=O)N/C(=C/c3cccc(OC)c3OCC(=O)Nc3ccc(C)cc3)C2=O)o1. The van der Waals surface area contributed by atoms with E-state index < -0.39 is 17.9 Å². The van der Waals surface area contributed by atoms with Gasteiger partial charge >= 0.3 is 12.0 Å². The van der Waals surface area contributed by atoms with Crippen molar-refractivity contribution in [2.45, 2.75) is 13.5 Å². The van der Waals surface area contributed by atoms with Crippen molar-refractivity contribution in [2.24, 2.45) is 0 Å². The van der Waals surface area contributed by atoms with Gasteiger partial charge in [0.1, 0.15) is 11.5 Å². The van der Waals surface area contributed by atoms with Gasteiger partial charge in [0, 0.05) is 11.3 Å². The minimum atomic E-state index is -0.674. The number of methoxy groups -OCH3 is 2. The van der Waals surface area contributed by atoms with Crippen LogP contribution in [-0.2, 0) is 20.9 Å². The molecule has 0 spiro atoms. The molecule has 196 valence electrons. The maximum absolute atomic E-state index is 13.0. The molecule has 4 amide bonds. The Balaban J connectivity index is 1.49. The number of imide groups is 1. The zero-order valence-corrected chi connectivity index (χ0v) is 20.9. The third-order valence-corrected chi connectivity index (χ3v) is 5.54. The fourth-order valence-corrected chi connectivity index (χ4v) is 3.63. The standard InChI is InChI=1S/C27H25N3O8/c1-16-7-9-18(10-8-16)28-23(31)15-37-24-17(5-4-6-21(24)35-2)13-20-25(32)30(27(34)29-20)14-19-11-12-22(38-19)26(33)36-3/h4-13H,14-15H2,1-3H3,(H,28,31)(H,29,34)/b20-13+. The molecule has 0 saturated carbocycles. The molecule has 0 atom stereocenters. The van der Waals surface area contributed by atoms with Gasteiger partial charge in [0.2, 0.25) is 5.76 Å². The summed E-state index contributed by atoms with van der Waals surface area (Å²) < 4.78 is 21.1. The molecule has 1 aliphatic rings. The molecule has 38 heavy (non-hydrogen) atoms. The van der Waals surface area contributed by atoms with Crippen molar-refractivity contribution < 1.29 is 37.8 Å². The van der Waals surface area contributed by atoms with Crippen molar-refractivity contribution in [3.05, 3.63) is 82.9 Å².